The van der Waals surface area contributed by atoms with Crippen LogP contribution >= 0.6 is 0 Å². The van der Waals surface area contributed by atoms with E-state index in [-0.39, 0.29) is 5.41 Å². The lowest BCUT2D eigenvalue weighted by atomic mass is 9.91. The van der Waals surface area contributed by atoms with Crippen molar-refractivity contribution < 1.29 is 4.74 Å². The highest BCUT2D eigenvalue weighted by molar-refractivity contribution is 5.28. The Morgan fingerprint density at radius 1 is 1.14 bits per heavy atom. The molecule has 0 amide bonds. The van der Waals surface area contributed by atoms with Crippen LogP contribution < -0.4 is 10.1 Å². The predicted molar refractivity (Wildman–Crippen MR) is 87.8 cm³/mol. The number of nitrogens with one attached hydrogen (secondary N) is 1. The molecule has 0 bridgehead atoms. The fourth-order valence-corrected chi connectivity index (χ4v) is 2.84. The quantitative estimate of drug-likeness (QED) is 0.844. The maximum Gasteiger partial charge on any atom is 0.214 e. The van der Waals surface area contributed by atoms with Crippen LogP contribution in [0, 0.1) is 0 Å². The molecule has 0 atom stereocenters. The van der Waals surface area contributed by atoms with E-state index >= 15 is 0 Å². The van der Waals surface area contributed by atoms with Crippen molar-refractivity contribution in [1.29, 1.82) is 0 Å². The molecule has 3 heteroatoms. The standard InChI is InChI=1S/C18H30N2O/c1-18(2,3)16-11-14(13-19-4)12-17(20-16)21-15-9-7-5-6-8-10-15/h11-12,15,19H,5-10,13H2,1-4H3. The van der Waals surface area contributed by atoms with Gasteiger partial charge in [-0.2, -0.15) is 0 Å². The Kier molecular flexibility index (Phi) is 5.63. The lowest BCUT2D eigenvalue weighted by Gasteiger charge is -2.22. The van der Waals surface area contributed by atoms with Gasteiger partial charge in [0.2, 0.25) is 5.88 Å². The zero-order valence-electron chi connectivity index (χ0n) is 14.0. The molecule has 1 aliphatic carbocycles. The fourth-order valence-electron chi connectivity index (χ4n) is 2.84. The molecule has 1 N–H and O–H groups in total. The molecule has 0 saturated heterocycles. The summed E-state index contributed by atoms with van der Waals surface area (Å²) in [5, 5.41) is 3.22. The molecule has 2 rings (SSSR count). The monoisotopic (exact) mass is 290 g/mol. The summed E-state index contributed by atoms with van der Waals surface area (Å²) in [6, 6.07) is 4.28. The number of aromatic nitrogens is 1. The molecule has 0 spiro atoms. The van der Waals surface area contributed by atoms with Crippen LogP contribution in [0.25, 0.3) is 0 Å². The first-order valence-corrected chi connectivity index (χ1v) is 8.32. The van der Waals surface area contributed by atoms with Gasteiger partial charge in [0.1, 0.15) is 6.10 Å². The molecule has 0 unspecified atom stereocenters. The molecule has 1 aromatic rings. The molecule has 1 aliphatic rings. The van der Waals surface area contributed by atoms with Crippen molar-refractivity contribution in [3.63, 3.8) is 0 Å². The molecule has 1 saturated carbocycles. The van der Waals surface area contributed by atoms with Crippen molar-refractivity contribution in [2.75, 3.05) is 7.05 Å². The zero-order chi connectivity index (χ0) is 15.3. The predicted octanol–water partition coefficient (Wildman–Crippen LogP) is 4.20. The van der Waals surface area contributed by atoms with E-state index in [2.05, 4.69) is 38.2 Å². The zero-order valence-corrected chi connectivity index (χ0v) is 14.0. The van der Waals surface area contributed by atoms with Crippen LogP contribution in [0.2, 0.25) is 0 Å². The highest BCUT2D eigenvalue weighted by atomic mass is 16.5. The summed E-state index contributed by atoms with van der Waals surface area (Å²) in [4.78, 5) is 4.76. The summed E-state index contributed by atoms with van der Waals surface area (Å²) in [6.45, 7) is 7.46. The Bertz CT molecular complexity index is 443. The van der Waals surface area contributed by atoms with E-state index in [1.807, 2.05) is 7.05 Å². The van der Waals surface area contributed by atoms with E-state index in [9.17, 15) is 0 Å². The van der Waals surface area contributed by atoms with Gasteiger partial charge in [-0.25, -0.2) is 4.98 Å². The van der Waals surface area contributed by atoms with Crippen LogP contribution in [0.3, 0.4) is 0 Å². The number of ether oxygens (including phenoxy) is 1. The molecular formula is C18H30N2O. The van der Waals surface area contributed by atoms with Gasteiger partial charge in [-0.05, 0) is 44.4 Å². The maximum atomic E-state index is 6.22. The topological polar surface area (TPSA) is 34.1 Å². The highest BCUT2D eigenvalue weighted by Gasteiger charge is 2.19. The van der Waals surface area contributed by atoms with Crippen LogP contribution in [-0.2, 0) is 12.0 Å². The number of hydrogen-bond acceptors (Lipinski definition) is 3. The van der Waals surface area contributed by atoms with Crippen molar-refractivity contribution in [1.82, 2.24) is 10.3 Å². The second-order valence-corrected chi connectivity index (χ2v) is 7.21. The summed E-state index contributed by atoms with van der Waals surface area (Å²) in [5.41, 5.74) is 2.41. The van der Waals surface area contributed by atoms with Crippen LogP contribution in [0.1, 0.15) is 70.6 Å². The van der Waals surface area contributed by atoms with E-state index in [0.29, 0.717) is 6.10 Å². The molecule has 118 valence electrons. The molecule has 0 radical (unpaired) electrons. The molecular weight excluding hydrogens is 260 g/mol. The van der Waals surface area contributed by atoms with Crippen LogP contribution in [0.5, 0.6) is 5.88 Å². The van der Waals surface area contributed by atoms with Crippen molar-refractivity contribution in [2.24, 2.45) is 0 Å². The van der Waals surface area contributed by atoms with Gasteiger partial charge in [0.25, 0.3) is 0 Å². The largest absolute Gasteiger partial charge is 0.474 e. The first-order valence-electron chi connectivity index (χ1n) is 8.32. The maximum absolute atomic E-state index is 6.22. The SMILES string of the molecule is CNCc1cc(OC2CCCCCC2)nc(C(C)(C)C)c1. The lowest BCUT2D eigenvalue weighted by Crippen LogP contribution is -2.19. The lowest BCUT2D eigenvalue weighted by molar-refractivity contribution is 0.175. The van der Waals surface area contributed by atoms with Crippen molar-refractivity contribution >= 4 is 0 Å². The average molecular weight is 290 g/mol. The third-order valence-electron chi connectivity index (χ3n) is 4.10. The smallest absolute Gasteiger partial charge is 0.214 e. The normalized spacial score (nSPS) is 17.5. The second-order valence-electron chi connectivity index (χ2n) is 7.21. The molecule has 0 aromatic carbocycles. The van der Waals surface area contributed by atoms with Crippen LogP contribution in [-0.4, -0.2) is 18.1 Å². The van der Waals surface area contributed by atoms with E-state index < -0.39 is 0 Å². The highest BCUT2D eigenvalue weighted by Crippen LogP contribution is 2.27. The van der Waals surface area contributed by atoms with Gasteiger partial charge in [-0.15, -0.1) is 0 Å². The number of nitrogens with zero attached hydrogens (tertiary/aromatic N) is 1. The summed E-state index contributed by atoms with van der Waals surface area (Å²) >= 11 is 0. The van der Waals surface area contributed by atoms with Crippen molar-refractivity contribution in [3.8, 4) is 5.88 Å². The van der Waals surface area contributed by atoms with Gasteiger partial charge in [-0.3, -0.25) is 0 Å². The summed E-state index contributed by atoms with van der Waals surface area (Å²) in [5.74, 6) is 0.805. The minimum absolute atomic E-state index is 0.0469. The fraction of sp³-hybridized carbons (Fsp3) is 0.722. The molecule has 3 nitrogen and oxygen atoms in total. The molecule has 0 aliphatic heterocycles. The van der Waals surface area contributed by atoms with Gasteiger partial charge < -0.3 is 10.1 Å². The number of rotatable bonds is 4. The van der Waals surface area contributed by atoms with E-state index in [1.165, 1.54) is 44.1 Å². The summed E-state index contributed by atoms with van der Waals surface area (Å²) < 4.78 is 6.22. The Morgan fingerprint density at radius 3 is 2.38 bits per heavy atom. The van der Waals surface area contributed by atoms with Gasteiger partial charge in [0.05, 0.1) is 5.69 Å². The number of hydrogen-bond donors (Lipinski definition) is 1. The Hall–Kier alpha value is -1.09. The first kappa shape index (κ1) is 16.3. The number of pyridine rings is 1. The van der Waals surface area contributed by atoms with E-state index in [4.69, 9.17) is 9.72 Å². The Balaban J connectivity index is 2.18. The molecule has 1 heterocycles. The van der Waals surface area contributed by atoms with Gasteiger partial charge in [0, 0.05) is 18.0 Å². The summed E-state index contributed by atoms with van der Waals surface area (Å²) in [6.07, 6.45) is 7.95. The first-order chi connectivity index (χ1) is 9.99. The Labute approximate surface area is 129 Å². The van der Waals surface area contributed by atoms with E-state index in [1.54, 1.807) is 0 Å². The average Bonchev–Trinajstić information content (AvgIpc) is 2.66. The minimum Gasteiger partial charge on any atom is -0.474 e. The van der Waals surface area contributed by atoms with E-state index in [0.717, 1.165) is 18.1 Å². The molecule has 21 heavy (non-hydrogen) atoms. The van der Waals surface area contributed by atoms with Crippen LogP contribution in [0.15, 0.2) is 12.1 Å². The molecule has 1 fully saturated rings. The van der Waals surface area contributed by atoms with Crippen molar-refractivity contribution in [2.45, 2.75) is 77.4 Å². The third kappa shape index (κ3) is 4.99. The third-order valence-corrected chi connectivity index (χ3v) is 4.10. The summed E-state index contributed by atoms with van der Waals surface area (Å²) in [7, 11) is 1.98. The minimum atomic E-state index is 0.0469. The molecule has 1 aromatic heterocycles. The Morgan fingerprint density at radius 2 is 1.81 bits per heavy atom. The van der Waals surface area contributed by atoms with Gasteiger partial charge in [-0.1, -0.05) is 33.6 Å². The van der Waals surface area contributed by atoms with Crippen molar-refractivity contribution in [3.05, 3.63) is 23.4 Å². The second kappa shape index (κ2) is 7.26. The van der Waals surface area contributed by atoms with Gasteiger partial charge in [0.15, 0.2) is 0 Å². The van der Waals surface area contributed by atoms with Gasteiger partial charge >= 0.3 is 0 Å². The van der Waals surface area contributed by atoms with Crippen LogP contribution in [0.4, 0.5) is 0 Å².